The average molecular weight is 561 g/mol. The van der Waals surface area contributed by atoms with Gasteiger partial charge >= 0.3 is 18.2 Å². The minimum atomic E-state index is -4.77. The zero-order valence-corrected chi connectivity index (χ0v) is 21.6. The topological polar surface area (TPSA) is 105 Å². The van der Waals surface area contributed by atoms with Crippen molar-refractivity contribution in [3.05, 3.63) is 82.9 Å². The maximum absolute atomic E-state index is 15.0. The van der Waals surface area contributed by atoms with Crippen LogP contribution in [-0.2, 0) is 22.1 Å². The van der Waals surface area contributed by atoms with Crippen LogP contribution >= 0.6 is 0 Å². The van der Waals surface area contributed by atoms with Gasteiger partial charge in [-0.3, -0.25) is 4.79 Å². The van der Waals surface area contributed by atoms with Crippen LogP contribution in [0.2, 0.25) is 0 Å². The zero-order chi connectivity index (χ0) is 28.9. The van der Waals surface area contributed by atoms with Crippen molar-refractivity contribution in [3.63, 3.8) is 0 Å². The number of aromatic nitrogens is 2. The minimum Gasteiger partial charge on any atom is -0.469 e. The van der Waals surface area contributed by atoms with Crippen LogP contribution in [0.15, 0.2) is 54.7 Å². The quantitative estimate of drug-likeness (QED) is 0.253. The number of hydrogen-bond donors (Lipinski definition) is 2. The van der Waals surface area contributed by atoms with E-state index < -0.39 is 35.5 Å². The van der Waals surface area contributed by atoms with Crippen molar-refractivity contribution in [2.45, 2.75) is 43.7 Å². The summed E-state index contributed by atoms with van der Waals surface area (Å²) in [4.78, 5) is 32.5. The number of carbonyl (C=O) groups is 2. The molecule has 1 atom stereocenters. The SMILES string of the molecule is COC(=O)CC(Cc1ccccc1)c1nc(Nc2ccc(C3CCN(C(=O)O)CC3)c(F)c2)ncc1C(F)(F)F. The van der Waals surface area contributed by atoms with Gasteiger partial charge in [0.2, 0.25) is 5.95 Å². The molecule has 2 aromatic carbocycles. The van der Waals surface area contributed by atoms with Gasteiger partial charge in [-0.1, -0.05) is 36.4 Å². The molecule has 1 aliphatic heterocycles. The lowest BCUT2D eigenvalue weighted by molar-refractivity contribution is -0.143. The van der Waals surface area contributed by atoms with Gasteiger partial charge in [-0.15, -0.1) is 0 Å². The number of nitrogens with zero attached hydrogens (tertiary/aromatic N) is 3. The molecule has 8 nitrogen and oxygen atoms in total. The maximum Gasteiger partial charge on any atom is 0.419 e. The van der Waals surface area contributed by atoms with Crippen LogP contribution < -0.4 is 5.32 Å². The molecule has 1 unspecified atom stereocenters. The number of ether oxygens (including phenoxy) is 1. The second kappa shape index (κ2) is 12.3. The normalized spacial score (nSPS) is 15.0. The molecule has 1 amide bonds. The molecule has 2 heterocycles. The van der Waals surface area contributed by atoms with Crippen LogP contribution in [0.1, 0.15) is 53.5 Å². The lowest BCUT2D eigenvalue weighted by Crippen LogP contribution is -2.36. The van der Waals surface area contributed by atoms with E-state index >= 15 is 4.39 Å². The first-order valence-electron chi connectivity index (χ1n) is 12.6. The fraction of sp³-hybridized carbons (Fsp3) is 0.357. The summed E-state index contributed by atoms with van der Waals surface area (Å²) in [5.41, 5.74) is -0.0729. The van der Waals surface area contributed by atoms with E-state index in [2.05, 4.69) is 15.3 Å². The third kappa shape index (κ3) is 7.04. The van der Waals surface area contributed by atoms with Crippen molar-refractivity contribution in [2.75, 3.05) is 25.5 Å². The van der Waals surface area contributed by atoms with Gasteiger partial charge in [0.05, 0.1) is 24.8 Å². The molecule has 12 heteroatoms. The largest absolute Gasteiger partial charge is 0.469 e. The lowest BCUT2D eigenvalue weighted by atomic mass is 9.89. The first kappa shape index (κ1) is 28.8. The van der Waals surface area contributed by atoms with Gasteiger partial charge in [-0.2, -0.15) is 13.2 Å². The molecule has 0 spiro atoms. The van der Waals surface area contributed by atoms with E-state index in [9.17, 15) is 22.8 Å². The summed E-state index contributed by atoms with van der Waals surface area (Å²) in [6, 6.07) is 13.1. The van der Waals surface area contributed by atoms with Gasteiger partial charge in [0.25, 0.3) is 0 Å². The third-order valence-electron chi connectivity index (χ3n) is 6.94. The monoisotopic (exact) mass is 560 g/mol. The number of anilines is 2. The number of hydrogen-bond acceptors (Lipinski definition) is 6. The number of carboxylic acid groups (broad SMARTS) is 1. The second-order valence-electron chi connectivity index (χ2n) is 9.56. The summed E-state index contributed by atoms with van der Waals surface area (Å²) < 4.78 is 61.7. The maximum atomic E-state index is 15.0. The summed E-state index contributed by atoms with van der Waals surface area (Å²) in [6.07, 6.45) is -4.42. The molecule has 40 heavy (non-hydrogen) atoms. The van der Waals surface area contributed by atoms with Crippen molar-refractivity contribution in [3.8, 4) is 0 Å². The number of piperidine rings is 1. The molecule has 1 saturated heterocycles. The number of benzene rings is 2. The number of methoxy groups -OCH3 is 1. The molecule has 0 radical (unpaired) electrons. The van der Waals surface area contributed by atoms with E-state index in [-0.39, 0.29) is 36.1 Å². The standard InChI is InChI=1S/C28H28F4N4O4/c1-40-24(37)14-19(13-17-5-3-2-4-6-17)25-22(28(30,31)32)16-33-26(35-25)34-20-7-8-21(23(29)15-20)18-9-11-36(12-10-18)27(38)39/h2-8,15-16,18-19H,9-14H2,1H3,(H,38,39)(H,33,34,35). The van der Waals surface area contributed by atoms with Gasteiger partial charge < -0.3 is 20.1 Å². The highest BCUT2D eigenvalue weighted by Gasteiger charge is 2.38. The number of rotatable bonds is 8. The number of alkyl halides is 3. The van der Waals surface area contributed by atoms with E-state index in [0.717, 1.165) is 7.11 Å². The molecule has 0 bridgehead atoms. The number of esters is 1. The Balaban J connectivity index is 1.61. The molecule has 0 aliphatic carbocycles. The van der Waals surface area contributed by atoms with Crippen molar-refractivity contribution in [1.82, 2.24) is 14.9 Å². The van der Waals surface area contributed by atoms with Gasteiger partial charge in [-0.05, 0) is 48.4 Å². The molecular weight excluding hydrogens is 532 g/mol. The van der Waals surface area contributed by atoms with Crippen LogP contribution in [0.25, 0.3) is 0 Å². The summed E-state index contributed by atoms with van der Waals surface area (Å²) in [6.45, 7) is 0.606. The second-order valence-corrected chi connectivity index (χ2v) is 9.56. The van der Waals surface area contributed by atoms with Gasteiger partial charge in [0, 0.05) is 30.9 Å². The summed E-state index contributed by atoms with van der Waals surface area (Å²) >= 11 is 0. The van der Waals surface area contributed by atoms with Gasteiger partial charge in [0.15, 0.2) is 0 Å². The summed E-state index contributed by atoms with van der Waals surface area (Å²) in [5.74, 6) is -2.53. The highest BCUT2D eigenvalue weighted by Crippen LogP contribution is 2.37. The van der Waals surface area contributed by atoms with Crippen molar-refractivity contribution < 1.29 is 37.0 Å². The number of carbonyl (C=O) groups excluding carboxylic acids is 1. The first-order chi connectivity index (χ1) is 19.0. The Morgan fingerprint density at radius 1 is 1.15 bits per heavy atom. The fourth-order valence-corrected chi connectivity index (χ4v) is 4.88. The molecule has 1 fully saturated rings. The predicted molar refractivity (Wildman–Crippen MR) is 138 cm³/mol. The Hall–Kier alpha value is -4.22. The van der Waals surface area contributed by atoms with E-state index in [0.29, 0.717) is 43.3 Å². The molecular formula is C28H28F4N4O4. The van der Waals surface area contributed by atoms with E-state index in [1.807, 2.05) is 0 Å². The molecule has 2 N–H and O–H groups in total. The molecule has 3 aromatic rings. The zero-order valence-electron chi connectivity index (χ0n) is 21.6. The Morgan fingerprint density at radius 2 is 1.85 bits per heavy atom. The fourth-order valence-electron chi connectivity index (χ4n) is 4.88. The van der Waals surface area contributed by atoms with Crippen molar-refractivity contribution >= 4 is 23.7 Å². The van der Waals surface area contributed by atoms with Crippen LogP contribution in [0, 0.1) is 5.82 Å². The molecule has 0 saturated carbocycles. The first-order valence-corrected chi connectivity index (χ1v) is 12.6. The third-order valence-corrected chi connectivity index (χ3v) is 6.94. The number of halogens is 4. The molecule has 4 rings (SSSR count). The van der Waals surface area contributed by atoms with E-state index in [1.165, 1.54) is 11.0 Å². The van der Waals surface area contributed by atoms with Gasteiger partial charge in [0.1, 0.15) is 5.82 Å². The predicted octanol–water partition coefficient (Wildman–Crippen LogP) is 6.12. The van der Waals surface area contributed by atoms with Crippen molar-refractivity contribution in [1.29, 1.82) is 0 Å². The average Bonchev–Trinajstić information content (AvgIpc) is 2.92. The highest BCUT2D eigenvalue weighted by atomic mass is 19.4. The van der Waals surface area contributed by atoms with Crippen LogP contribution in [0.4, 0.5) is 34.0 Å². The summed E-state index contributed by atoms with van der Waals surface area (Å²) in [7, 11) is 1.16. The molecule has 1 aromatic heterocycles. The Bertz CT molecular complexity index is 1350. The van der Waals surface area contributed by atoms with Crippen LogP contribution in [0.3, 0.4) is 0 Å². The Labute approximate surface area is 228 Å². The lowest BCUT2D eigenvalue weighted by Gasteiger charge is -2.30. The van der Waals surface area contributed by atoms with Crippen molar-refractivity contribution in [2.24, 2.45) is 0 Å². The van der Waals surface area contributed by atoms with Crippen LogP contribution in [0.5, 0.6) is 0 Å². The number of nitrogens with one attached hydrogen (secondary N) is 1. The number of likely N-dealkylation sites (tertiary alicyclic amines) is 1. The van der Waals surface area contributed by atoms with Gasteiger partial charge in [-0.25, -0.2) is 19.2 Å². The number of amides is 1. The smallest absolute Gasteiger partial charge is 0.419 e. The minimum absolute atomic E-state index is 0.0967. The Kier molecular flexibility index (Phi) is 8.86. The summed E-state index contributed by atoms with van der Waals surface area (Å²) in [5, 5.41) is 11.9. The van der Waals surface area contributed by atoms with E-state index in [1.54, 1.807) is 42.5 Å². The molecule has 212 valence electrons. The van der Waals surface area contributed by atoms with Crippen LogP contribution in [-0.4, -0.2) is 52.2 Å². The molecule has 1 aliphatic rings. The Morgan fingerprint density at radius 3 is 2.45 bits per heavy atom. The highest BCUT2D eigenvalue weighted by molar-refractivity contribution is 5.70. The van der Waals surface area contributed by atoms with E-state index in [4.69, 9.17) is 9.84 Å².